The van der Waals surface area contributed by atoms with Gasteiger partial charge in [0.2, 0.25) is 5.91 Å². The summed E-state index contributed by atoms with van der Waals surface area (Å²) in [6, 6.07) is 13.6. The van der Waals surface area contributed by atoms with Crippen LogP contribution in [0.4, 0.5) is 0 Å². The Morgan fingerprint density at radius 3 is 2.85 bits per heavy atom. The lowest BCUT2D eigenvalue weighted by molar-refractivity contribution is -0.125. The second kappa shape index (κ2) is 8.54. The average Bonchev–Trinajstić information content (AvgIpc) is 3.12. The molecule has 2 unspecified atom stereocenters. The van der Waals surface area contributed by atoms with Gasteiger partial charge in [0.15, 0.2) is 0 Å². The molecule has 0 bridgehead atoms. The predicted molar refractivity (Wildman–Crippen MR) is 103 cm³/mol. The predicted octanol–water partition coefficient (Wildman–Crippen LogP) is 3.13. The highest BCUT2D eigenvalue weighted by Gasteiger charge is 2.34. The molecule has 0 aromatic heterocycles. The number of carbonyl (C=O) groups excluding carboxylic acids is 1. The summed E-state index contributed by atoms with van der Waals surface area (Å²) in [6.07, 6.45) is 0. The number of hydrazine groups is 1. The van der Waals surface area contributed by atoms with Crippen molar-refractivity contribution in [2.45, 2.75) is 26.4 Å². The van der Waals surface area contributed by atoms with Gasteiger partial charge in [-0.2, -0.15) is 0 Å². The summed E-state index contributed by atoms with van der Waals surface area (Å²) < 4.78 is 5.48. The fraction of sp³-hybridized carbons (Fsp3) is 0.350. The first kappa shape index (κ1) is 18.7. The molecular weight excluding hydrogens is 350 g/mol. The van der Waals surface area contributed by atoms with Crippen LogP contribution in [0.1, 0.15) is 29.7 Å². The third kappa shape index (κ3) is 4.18. The summed E-state index contributed by atoms with van der Waals surface area (Å²) in [5.74, 6) is 0.457. The zero-order chi connectivity index (χ0) is 18.5. The molecule has 1 heterocycles. The number of carbonyl (C=O) groups is 1. The van der Waals surface area contributed by atoms with Crippen molar-refractivity contribution < 1.29 is 9.53 Å². The average molecular weight is 374 g/mol. The van der Waals surface area contributed by atoms with Gasteiger partial charge < -0.3 is 10.1 Å². The lowest BCUT2D eigenvalue weighted by Crippen LogP contribution is -2.34. The Balaban J connectivity index is 1.68. The molecular formula is C20H24ClN3O2. The summed E-state index contributed by atoms with van der Waals surface area (Å²) in [4.78, 5) is 12.7. The molecule has 5 nitrogen and oxygen atoms in total. The Bertz CT molecular complexity index is 781. The van der Waals surface area contributed by atoms with Gasteiger partial charge in [0.25, 0.3) is 0 Å². The quantitative estimate of drug-likeness (QED) is 0.728. The second-order valence-corrected chi connectivity index (χ2v) is 6.78. The van der Waals surface area contributed by atoms with E-state index >= 15 is 0 Å². The summed E-state index contributed by atoms with van der Waals surface area (Å²) >= 11 is 6.30. The van der Waals surface area contributed by atoms with Gasteiger partial charge in [0.1, 0.15) is 5.75 Å². The standard InChI is InChI=1S/C20H24ClN3O2/c1-3-26-18-9-8-14(10-17(18)21)19-16(12-23-24-19)20(25)22-11-15-7-5-4-6-13(15)2/h4-10,16,19,23-24H,3,11-12H2,1-2H3,(H,22,25). The first-order chi connectivity index (χ1) is 12.6. The zero-order valence-electron chi connectivity index (χ0n) is 15.0. The number of amides is 1. The maximum Gasteiger partial charge on any atom is 0.226 e. The van der Waals surface area contributed by atoms with Gasteiger partial charge in [-0.05, 0) is 42.7 Å². The molecule has 26 heavy (non-hydrogen) atoms. The van der Waals surface area contributed by atoms with Gasteiger partial charge in [-0.3, -0.25) is 10.2 Å². The molecule has 2 atom stereocenters. The van der Waals surface area contributed by atoms with Crippen LogP contribution in [-0.2, 0) is 11.3 Å². The van der Waals surface area contributed by atoms with Crippen molar-refractivity contribution in [3.05, 3.63) is 64.2 Å². The number of ether oxygens (including phenoxy) is 1. The van der Waals surface area contributed by atoms with Gasteiger partial charge >= 0.3 is 0 Å². The maximum absolute atomic E-state index is 12.7. The highest BCUT2D eigenvalue weighted by Crippen LogP contribution is 2.32. The molecule has 0 radical (unpaired) electrons. The minimum absolute atomic E-state index is 0.0146. The minimum atomic E-state index is -0.215. The molecule has 1 aliphatic heterocycles. The van der Waals surface area contributed by atoms with Gasteiger partial charge in [-0.15, -0.1) is 0 Å². The summed E-state index contributed by atoms with van der Waals surface area (Å²) in [5, 5.41) is 3.60. The monoisotopic (exact) mass is 373 g/mol. The van der Waals surface area contributed by atoms with Crippen molar-refractivity contribution in [3.63, 3.8) is 0 Å². The second-order valence-electron chi connectivity index (χ2n) is 6.38. The Morgan fingerprint density at radius 1 is 1.31 bits per heavy atom. The molecule has 1 aliphatic rings. The molecule has 1 amide bonds. The third-order valence-corrected chi connectivity index (χ3v) is 4.94. The molecule has 3 N–H and O–H groups in total. The van der Waals surface area contributed by atoms with Crippen LogP contribution in [-0.4, -0.2) is 19.1 Å². The molecule has 6 heteroatoms. The molecule has 2 aromatic carbocycles. The van der Waals surface area contributed by atoms with E-state index in [0.717, 1.165) is 11.1 Å². The summed E-state index contributed by atoms with van der Waals surface area (Å²) in [7, 11) is 0. The van der Waals surface area contributed by atoms with Crippen molar-refractivity contribution >= 4 is 17.5 Å². The van der Waals surface area contributed by atoms with Crippen LogP contribution in [0, 0.1) is 12.8 Å². The smallest absolute Gasteiger partial charge is 0.226 e. The van der Waals surface area contributed by atoms with Gasteiger partial charge in [0, 0.05) is 13.1 Å². The summed E-state index contributed by atoms with van der Waals surface area (Å²) in [5.41, 5.74) is 9.52. The number of hydrogen-bond donors (Lipinski definition) is 3. The first-order valence-electron chi connectivity index (χ1n) is 8.83. The molecule has 138 valence electrons. The fourth-order valence-electron chi connectivity index (χ4n) is 3.16. The van der Waals surface area contributed by atoms with Crippen molar-refractivity contribution in [2.24, 2.45) is 5.92 Å². The molecule has 1 saturated heterocycles. The van der Waals surface area contributed by atoms with Crippen LogP contribution in [0.2, 0.25) is 5.02 Å². The molecule has 2 aromatic rings. The number of benzene rings is 2. The van der Waals surface area contributed by atoms with E-state index in [4.69, 9.17) is 16.3 Å². The Labute approximate surface area is 159 Å². The van der Waals surface area contributed by atoms with Crippen LogP contribution in [0.25, 0.3) is 0 Å². The van der Waals surface area contributed by atoms with Crippen molar-refractivity contribution in [1.82, 2.24) is 16.2 Å². The van der Waals surface area contributed by atoms with Gasteiger partial charge in [0.05, 0.1) is 23.6 Å². The van der Waals surface area contributed by atoms with E-state index in [0.29, 0.717) is 30.5 Å². The SMILES string of the molecule is CCOc1ccc(C2NNCC2C(=O)NCc2ccccc2C)cc1Cl. The normalized spacial score (nSPS) is 19.3. The molecule has 0 saturated carbocycles. The lowest BCUT2D eigenvalue weighted by atomic mass is 9.94. The Hall–Kier alpha value is -2.08. The zero-order valence-corrected chi connectivity index (χ0v) is 15.8. The highest BCUT2D eigenvalue weighted by molar-refractivity contribution is 6.32. The van der Waals surface area contributed by atoms with Crippen molar-refractivity contribution in [1.29, 1.82) is 0 Å². The van der Waals surface area contributed by atoms with E-state index in [1.54, 1.807) is 0 Å². The van der Waals surface area contributed by atoms with Crippen molar-refractivity contribution in [3.8, 4) is 5.75 Å². The topological polar surface area (TPSA) is 62.4 Å². The minimum Gasteiger partial charge on any atom is -0.492 e. The van der Waals surface area contributed by atoms with E-state index in [9.17, 15) is 4.79 Å². The lowest BCUT2D eigenvalue weighted by Gasteiger charge is -2.19. The van der Waals surface area contributed by atoms with E-state index < -0.39 is 0 Å². The van der Waals surface area contributed by atoms with Crippen molar-refractivity contribution in [2.75, 3.05) is 13.2 Å². The fourth-order valence-corrected chi connectivity index (χ4v) is 3.41. The number of nitrogens with one attached hydrogen (secondary N) is 3. The van der Waals surface area contributed by atoms with E-state index in [1.807, 2.05) is 56.3 Å². The third-order valence-electron chi connectivity index (χ3n) is 4.65. The van der Waals surface area contributed by atoms with E-state index in [2.05, 4.69) is 16.2 Å². The summed E-state index contributed by atoms with van der Waals surface area (Å²) in [6.45, 7) is 5.62. The number of aryl methyl sites for hydroxylation is 1. The van der Waals surface area contributed by atoms with Gasteiger partial charge in [-0.1, -0.05) is 41.9 Å². The number of hydrogen-bond acceptors (Lipinski definition) is 4. The molecule has 1 fully saturated rings. The van der Waals surface area contributed by atoms with Gasteiger partial charge in [-0.25, -0.2) is 5.43 Å². The number of rotatable bonds is 6. The largest absolute Gasteiger partial charge is 0.492 e. The Kier molecular flexibility index (Phi) is 6.14. The molecule has 3 rings (SSSR count). The van der Waals surface area contributed by atoms with E-state index in [-0.39, 0.29) is 17.9 Å². The maximum atomic E-state index is 12.7. The molecule has 0 spiro atoms. The number of halogens is 1. The first-order valence-corrected chi connectivity index (χ1v) is 9.20. The van der Waals surface area contributed by atoms with Crippen LogP contribution < -0.4 is 20.9 Å². The van der Waals surface area contributed by atoms with Crippen LogP contribution in [0.15, 0.2) is 42.5 Å². The van der Waals surface area contributed by atoms with Crippen LogP contribution in [0.5, 0.6) is 5.75 Å². The van der Waals surface area contributed by atoms with Crippen LogP contribution >= 0.6 is 11.6 Å². The van der Waals surface area contributed by atoms with E-state index in [1.165, 1.54) is 5.56 Å². The molecule has 0 aliphatic carbocycles. The Morgan fingerprint density at radius 2 is 2.12 bits per heavy atom. The highest BCUT2D eigenvalue weighted by atomic mass is 35.5. The van der Waals surface area contributed by atoms with Crippen LogP contribution in [0.3, 0.4) is 0 Å².